The highest BCUT2D eigenvalue weighted by molar-refractivity contribution is 9.10. The van der Waals surface area contributed by atoms with Gasteiger partial charge >= 0.3 is 0 Å². The van der Waals surface area contributed by atoms with Crippen molar-refractivity contribution in [2.75, 3.05) is 20.8 Å². The van der Waals surface area contributed by atoms with E-state index in [-0.39, 0.29) is 36.0 Å². The van der Waals surface area contributed by atoms with Gasteiger partial charge in [-0.15, -0.1) is 0 Å². The number of benzene rings is 2. The second-order valence-corrected chi connectivity index (χ2v) is 10.2. The Kier molecular flexibility index (Phi) is 6.06. The smallest absolute Gasteiger partial charge is 0.254 e. The Morgan fingerprint density at radius 3 is 2.74 bits per heavy atom. The standard InChI is InChI=1S/C26H29BrN2O5/c1-15-9-18(28-33-3)11-21-26(15)12-19(14-30)29(25(31)16-7-5-4-6-8-16)13-17-10-20(32-2)23(27)24(34-21)22(17)26/h4-8,10,15,19,21,30H,9,11-14H2,1-3H3/t15-,19+,21-,26+/m1/s1. The predicted molar refractivity (Wildman–Crippen MR) is 131 cm³/mol. The molecule has 8 heteroatoms. The van der Waals surface area contributed by atoms with Crippen LogP contribution in [-0.4, -0.2) is 54.6 Å². The van der Waals surface area contributed by atoms with Crippen LogP contribution in [0, 0.1) is 5.92 Å². The van der Waals surface area contributed by atoms with E-state index in [1.165, 1.54) is 0 Å². The summed E-state index contributed by atoms with van der Waals surface area (Å²) in [6.07, 6.45) is 1.82. The zero-order chi connectivity index (χ0) is 24.0. The third-order valence-electron chi connectivity index (χ3n) is 7.70. The molecule has 1 saturated carbocycles. The van der Waals surface area contributed by atoms with Gasteiger partial charge in [-0.2, -0.15) is 0 Å². The molecule has 2 aliphatic heterocycles. The first-order valence-electron chi connectivity index (χ1n) is 11.6. The Bertz CT molecular complexity index is 1140. The molecule has 2 aromatic rings. The molecule has 180 valence electrons. The van der Waals surface area contributed by atoms with E-state index in [1.807, 2.05) is 41.3 Å². The summed E-state index contributed by atoms with van der Waals surface area (Å²) in [5, 5.41) is 14.8. The van der Waals surface area contributed by atoms with Gasteiger partial charge in [0.15, 0.2) is 0 Å². The van der Waals surface area contributed by atoms with Gasteiger partial charge in [-0.1, -0.05) is 30.3 Å². The number of carbonyl (C=O) groups is 1. The summed E-state index contributed by atoms with van der Waals surface area (Å²) in [7, 11) is 3.19. The van der Waals surface area contributed by atoms with E-state index in [2.05, 4.69) is 28.0 Å². The SMILES string of the molecule is CON=C1C[C@@H](C)[C@]23C[C@@H](CO)N(C(=O)c4ccccc4)Cc4cc(OC)c(Br)c(c42)O[C@@H]3C1. The third kappa shape index (κ3) is 3.41. The van der Waals surface area contributed by atoms with E-state index >= 15 is 0 Å². The number of nitrogens with zero attached hydrogens (tertiary/aromatic N) is 2. The van der Waals surface area contributed by atoms with E-state index < -0.39 is 0 Å². The molecule has 0 bridgehead atoms. The van der Waals surface area contributed by atoms with Gasteiger partial charge in [-0.05, 0) is 58.5 Å². The molecular formula is C26H29BrN2O5. The van der Waals surface area contributed by atoms with Gasteiger partial charge in [0.25, 0.3) is 5.91 Å². The summed E-state index contributed by atoms with van der Waals surface area (Å²) in [5.41, 5.74) is 3.32. The number of oxime groups is 1. The molecule has 0 aromatic heterocycles. The van der Waals surface area contributed by atoms with Crippen LogP contribution in [0.5, 0.6) is 11.5 Å². The molecule has 0 unspecified atom stereocenters. The van der Waals surface area contributed by atoms with Crippen LogP contribution in [0.2, 0.25) is 0 Å². The minimum Gasteiger partial charge on any atom is -0.495 e. The minimum atomic E-state index is -0.370. The molecule has 1 fully saturated rings. The highest BCUT2D eigenvalue weighted by Gasteiger charge is 2.59. The number of ether oxygens (including phenoxy) is 2. The molecule has 2 aromatic carbocycles. The Hall–Kier alpha value is -2.58. The number of aliphatic hydroxyl groups excluding tert-OH is 1. The predicted octanol–water partition coefficient (Wildman–Crippen LogP) is 4.30. The van der Waals surface area contributed by atoms with Crippen LogP contribution in [0.3, 0.4) is 0 Å². The third-order valence-corrected chi connectivity index (χ3v) is 8.45. The van der Waals surface area contributed by atoms with Crippen molar-refractivity contribution >= 4 is 27.5 Å². The fourth-order valence-electron chi connectivity index (χ4n) is 6.18. The van der Waals surface area contributed by atoms with Crippen molar-refractivity contribution in [3.8, 4) is 11.5 Å². The quantitative estimate of drug-likeness (QED) is 0.598. The molecule has 1 amide bonds. The molecule has 0 radical (unpaired) electrons. The summed E-state index contributed by atoms with van der Waals surface area (Å²) in [6, 6.07) is 10.9. The zero-order valence-electron chi connectivity index (χ0n) is 19.6. The highest BCUT2D eigenvalue weighted by atomic mass is 79.9. The Morgan fingerprint density at radius 1 is 1.29 bits per heavy atom. The van der Waals surface area contributed by atoms with E-state index in [9.17, 15) is 9.90 Å². The fraction of sp³-hybridized carbons (Fsp3) is 0.462. The summed E-state index contributed by atoms with van der Waals surface area (Å²) >= 11 is 3.71. The number of hydrogen-bond donors (Lipinski definition) is 1. The van der Waals surface area contributed by atoms with Gasteiger partial charge in [0, 0.05) is 29.5 Å². The molecule has 34 heavy (non-hydrogen) atoms. The number of methoxy groups -OCH3 is 1. The summed E-state index contributed by atoms with van der Waals surface area (Å²) < 4.78 is 13.1. The lowest BCUT2D eigenvalue weighted by Crippen LogP contribution is -2.53. The normalized spacial score (nSPS) is 28.6. The molecule has 7 nitrogen and oxygen atoms in total. The molecule has 3 aliphatic rings. The minimum absolute atomic E-state index is 0.0887. The first kappa shape index (κ1) is 23.2. The maximum Gasteiger partial charge on any atom is 0.254 e. The van der Waals surface area contributed by atoms with Crippen LogP contribution in [0.25, 0.3) is 0 Å². The monoisotopic (exact) mass is 528 g/mol. The van der Waals surface area contributed by atoms with E-state index in [0.29, 0.717) is 30.7 Å². The Labute approximate surface area is 207 Å². The Balaban J connectivity index is 1.68. The van der Waals surface area contributed by atoms with Crippen LogP contribution in [0.15, 0.2) is 46.0 Å². The number of aliphatic hydroxyl groups is 1. The number of rotatable bonds is 4. The van der Waals surface area contributed by atoms with Crippen molar-refractivity contribution < 1.29 is 24.2 Å². The van der Waals surface area contributed by atoms with Crippen LogP contribution < -0.4 is 9.47 Å². The largest absolute Gasteiger partial charge is 0.495 e. The zero-order valence-corrected chi connectivity index (χ0v) is 21.2. The van der Waals surface area contributed by atoms with Crippen LogP contribution in [-0.2, 0) is 16.8 Å². The second-order valence-electron chi connectivity index (χ2n) is 9.39. The molecule has 2 heterocycles. The van der Waals surface area contributed by atoms with Crippen molar-refractivity contribution in [3.05, 3.63) is 57.6 Å². The van der Waals surface area contributed by atoms with Crippen molar-refractivity contribution in [3.63, 3.8) is 0 Å². The fourth-order valence-corrected chi connectivity index (χ4v) is 6.75. The molecule has 1 N–H and O–H groups in total. The second kappa shape index (κ2) is 8.89. The molecule has 5 rings (SSSR count). The summed E-state index contributed by atoms with van der Waals surface area (Å²) in [4.78, 5) is 20.6. The average molecular weight is 529 g/mol. The van der Waals surface area contributed by atoms with E-state index in [4.69, 9.17) is 14.3 Å². The van der Waals surface area contributed by atoms with Crippen molar-refractivity contribution in [1.29, 1.82) is 0 Å². The van der Waals surface area contributed by atoms with Crippen LogP contribution >= 0.6 is 15.9 Å². The topological polar surface area (TPSA) is 80.6 Å². The van der Waals surface area contributed by atoms with Gasteiger partial charge in [0.05, 0.1) is 25.5 Å². The lowest BCUT2D eigenvalue weighted by Gasteiger charge is -2.45. The molecule has 1 spiro atoms. The van der Waals surface area contributed by atoms with Crippen molar-refractivity contribution in [2.45, 2.75) is 50.3 Å². The van der Waals surface area contributed by atoms with E-state index in [0.717, 1.165) is 33.5 Å². The first-order valence-corrected chi connectivity index (χ1v) is 12.4. The molecular weight excluding hydrogens is 500 g/mol. The van der Waals surface area contributed by atoms with Gasteiger partial charge < -0.3 is 24.3 Å². The Morgan fingerprint density at radius 2 is 2.06 bits per heavy atom. The van der Waals surface area contributed by atoms with Crippen molar-refractivity contribution in [2.24, 2.45) is 11.1 Å². The lowest BCUT2D eigenvalue weighted by molar-refractivity contribution is 0.0333. The van der Waals surface area contributed by atoms with Gasteiger partial charge in [0.1, 0.15) is 29.2 Å². The lowest BCUT2D eigenvalue weighted by atomic mass is 9.59. The summed E-state index contributed by atoms with van der Waals surface area (Å²) in [5.74, 6) is 1.52. The van der Waals surface area contributed by atoms with E-state index in [1.54, 1.807) is 14.2 Å². The molecule has 1 aliphatic carbocycles. The number of hydrogen-bond acceptors (Lipinski definition) is 6. The maximum absolute atomic E-state index is 13.6. The van der Waals surface area contributed by atoms with Gasteiger partial charge in [-0.3, -0.25) is 4.79 Å². The number of amides is 1. The molecule has 0 saturated heterocycles. The van der Waals surface area contributed by atoms with Crippen LogP contribution in [0.1, 0.15) is 47.7 Å². The van der Waals surface area contributed by atoms with Crippen LogP contribution in [0.4, 0.5) is 0 Å². The number of halogens is 1. The number of carbonyl (C=O) groups excluding carboxylic acids is 1. The van der Waals surface area contributed by atoms with Crippen molar-refractivity contribution in [1.82, 2.24) is 4.90 Å². The molecule has 4 atom stereocenters. The first-order chi connectivity index (χ1) is 16.4. The summed E-state index contributed by atoms with van der Waals surface area (Å²) in [6.45, 7) is 2.45. The van der Waals surface area contributed by atoms with Gasteiger partial charge in [-0.25, -0.2) is 0 Å². The van der Waals surface area contributed by atoms with Gasteiger partial charge in [0.2, 0.25) is 0 Å². The highest BCUT2D eigenvalue weighted by Crippen LogP contribution is 2.60. The maximum atomic E-state index is 13.6. The average Bonchev–Trinajstić information content (AvgIpc) is 3.10.